The van der Waals surface area contributed by atoms with Crippen molar-refractivity contribution in [1.82, 2.24) is 20.4 Å². The third-order valence-corrected chi connectivity index (χ3v) is 2.77. The van der Waals surface area contributed by atoms with Crippen LogP contribution in [0.4, 0.5) is 0 Å². The van der Waals surface area contributed by atoms with Crippen molar-refractivity contribution in [3.05, 3.63) is 45.0 Å². The summed E-state index contributed by atoms with van der Waals surface area (Å²) in [6, 6.07) is 2.87. The second-order valence-corrected chi connectivity index (χ2v) is 4.68. The molecule has 0 spiro atoms. The number of carboxylic acids is 1. The summed E-state index contributed by atoms with van der Waals surface area (Å²) < 4.78 is 0. The van der Waals surface area contributed by atoms with Crippen molar-refractivity contribution in [2.24, 2.45) is 0 Å². The highest BCUT2D eigenvalue weighted by molar-refractivity contribution is 6.29. The molecule has 9 heteroatoms. The molecule has 7 nitrogen and oxygen atoms in total. The van der Waals surface area contributed by atoms with E-state index in [0.29, 0.717) is 16.5 Å². The number of aromatic carboxylic acids is 1. The highest BCUT2D eigenvalue weighted by Gasteiger charge is 2.08. The van der Waals surface area contributed by atoms with Gasteiger partial charge in [0, 0.05) is 5.56 Å². The highest BCUT2D eigenvalue weighted by Crippen LogP contribution is 2.09. The van der Waals surface area contributed by atoms with Gasteiger partial charge in [-0.05, 0) is 26.0 Å². The lowest BCUT2D eigenvalue weighted by Gasteiger charge is -1.98. The Morgan fingerprint density at radius 2 is 1.57 bits per heavy atom. The first-order valence-electron chi connectivity index (χ1n) is 5.67. The Morgan fingerprint density at radius 1 is 1.05 bits per heavy atom. The van der Waals surface area contributed by atoms with E-state index >= 15 is 0 Å². The average Bonchev–Trinajstić information content (AvgIpc) is 2.44. The van der Waals surface area contributed by atoms with Crippen LogP contribution in [0.5, 0.6) is 0 Å². The van der Waals surface area contributed by atoms with Gasteiger partial charge in [0.1, 0.15) is 0 Å². The van der Waals surface area contributed by atoms with Crippen LogP contribution in [-0.4, -0.2) is 36.6 Å². The maximum absolute atomic E-state index is 10.4. The number of aromatic nitrogens is 4. The van der Waals surface area contributed by atoms with Crippen LogP contribution in [0.2, 0.25) is 10.3 Å². The molecule has 2 N–H and O–H groups in total. The summed E-state index contributed by atoms with van der Waals surface area (Å²) in [5.41, 5.74) is 1.89. The Bertz CT molecular complexity index is 652. The molecule has 21 heavy (non-hydrogen) atoms. The number of aryl methyl sites for hydroxylation is 2. The lowest BCUT2D eigenvalue weighted by molar-refractivity contribution is 0.0695. The molecule has 0 aliphatic carbocycles. The first kappa shape index (κ1) is 17.2. The maximum atomic E-state index is 10.4. The largest absolute Gasteiger partial charge is 0.478 e. The smallest absolute Gasteiger partial charge is 0.337 e. The molecule has 0 amide bonds. The zero-order valence-corrected chi connectivity index (χ0v) is 12.7. The number of rotatable bonds is 2. The van der Waals surface area contributed by atoms with Crippen LogP contribution in [-0.2, 0) is 6.61 Å². The highest BCUT2D eigenvalue weighted by atomic mass is 35.5. The number of nitrogens with zero attached hydrogens (tertiary/aromatic N) is 4. The molecule has 0 saturated carbocycles. The Labute approximate surface area is 130 Å². The molecule has 0 unspecified atom stereocenters. The van der Waals surface area contributed by atoms with Gasteiger partial charge >= 0.3 is 5.97 Å². The zero-order chi connectivity index (χ0) is 16.0. The van der Waals surface area contributed by atoms with Gasteiger partial charge in [-0.2, -0.15) is 10.2 Å². The Balaban J connectivity index is 0.000000211. The third kappa shape index (κ3) is 5.22. The minimum Gasteiger partial charge on any atom is -0.478 e. The molecule has 0 atom stereocenters. The first-order valence-corrected chi connectivity index (χ1v) is 6.43. The van der Waals surface area contributed by atoms with E-state index in [4.69, 9.17) is 33.4 Å². The number of halogens is 2. The third-order valence-electron chi connectivity index (χ3n) is 2.40. The second kappa shape index (κ2) is 7.82. The van der Waals surface area contributed by atoms with Crippen LogP contribution < -0.4 is 0 Å². The molecule has 0 aliphatic heterocycles. The van der Waals surface area contributed by atoms with Crippen molar-refractivity contribution in [1.29, 1.82) is 0 Å². The number of hydrogen-bond acceptors (Lipinski definition) is 6. The van der Waals surface area contributed by atoms with Crippen LogP contribution in [0.25, 0.3) is 0 Å². The molecule has 0 aliphatic rings. The standard InChI is InChI=1S/C6H5ClN2O2.C6H7ClN2O/c1-3-4(6(10)11)2-5(7)9-8-3;1-4-5(3-10)2-6(7)9-8-4/h2H,1H3,(H,10,11);2,10H,3H2,1H3. The predicted molar refractivity (Wildman–Crippen MR) is 76.4 cm³/mol. The molecule has 0 fully saturated rings. The fourth-order valence-electron chi connectivity index (χ4n) is 1.27. The van der Waals surface area contributed by atoms with Gasteiger partial charge in [0.05, 0.1) is 23.6 Å². The fraction of sp³-hybridized carbons (Fsp3) is 0.250. The summed E-state index contributed by atoms with van der Waals surface area (Å²) in [7, 11) is 0. The molecular weight excluding hydrogens is 319 g/mol. The summed E-state index contributed by atoms with van der Waals surface area (Å²) in [6.45, 7) is 3.29. The number of aliphatic hydroxyl groups excluding tert-OH is 1. The van der Waals surface area contributed by atoms with E-state index in [1.165, 1.54) is 6.07 Å². The quantitative estimate of drug-likeness (QED) is 0.867. The number of carbonyl (C=O) groups is 1. The van der Waals surface area contributed by atoms with E-state index in [1.54, 1.807) is 19.9 Å². The lowest BCUT2D eigenvalue weighted by Crippen LogP contribution is -2.02. The summed E-state index contributed by atoms with van der Waals surface area (Å²) in [4.78, 5) is 10.4. The summed E-state index contributed by atoms with van der Waals surface area (Å²) in [6.07, 6.45) is 0. The first-order chi connectivity index (χ1) is 9.85. The molecule has 2 rings (SSSR count). The Hall–Kier alpha value is -1.83. The van der Waals surface area contributed by atoms with Gasteiger partial charge in [-0.3, -0.25) is 0 Å². The molecule has 2 heterocycles. The summed E-state index contributed by atoms with van der Waals surface area (Å²) in [5, 5.41) is 32.0. The summed E-state index contributed by atoms with van der Waals surface area (Å²) >= 11 is 10.9. The SMILES string of the molecule is Cc1nnc(Cl)cc1C(=O)O.Cc1nnc(Cl)cc1CO. The topological polar surface area (TPSA) is 109 Å². The maximum Gasteiger partial charge on any atom is 0.337 e. The number of hydrogen-bond donors (Lipinski definition) is 2. The second-order valence-electron chi connectivity index (χ2n) is 3.91. The van der Waals surface area contributed by atoms with Crippen LogP contribution in [0, 0.1) is 13.8 Å². The molecule has 0 saturated heterocycles. The molecule has 2 aromatic heterocycles. The van der Waals surface area contributed by atoms with Gasteiger partial charge in [0.25, 0.3) is 0 Å². The van der Waals surface area contributed by atoms with Crippen molar-refractivity contribution < 1.29 is 15.0 Å². The Morgan fingerprint density at radius 3 is 2.00 bits per heavy atom. The molecule has 0 bridgehead atoms. The van der Waals surface area contributed by atoms with Gasteiger partial charge < -0.3 is 10.2 Å². The Kier molecular flexibility index (Phi) is 6.41. The zero-order valence-electron chi connectivity index (χ0n) is 11.2. The van der Waals surface area contributed by atoms with E-state index in [0.717, 1.165) is 5.56 Å². The van der Waals surface area contributed by atoms with Crippen molar-refractivity contribution in [3.63, 3.8) is 0 Å². The molecule has 2 aromatic rings. The minimum atomic E-state index is -1.04. The van der Waals surface area contributed by atoms with Crippen molar-refractivity contribution in [2.75, 3.05) is 0 Å². The molecule has 0 radical (unpaired) electrons. The monoisotopic (exact) mass is 330 g/mol. The van der Waals surface area contributed by atoms with E-state index in [-0.39, 0.29) is 17.3 Å². The van der Waals surface area contributed by atoms with Gasteiger partial charge in [-0.15, -0.1) is 10.2 Å². The number of aliphatic hydroxyl groups is 1. The predicted octanol–water partition coefficient (Wildman–Crippen LogP) is 2.07. The van der Waals surface area contributed by atoms with E-state index in [9.17, 15) is 4.79 Å². The van der Waals surface area contributed by atoms with Crippen LogP contribution in [0.3, 0.4) is 0 Å². The van der Waals surface area contributed by atoms with Gasteiger partial charge in [0.15, 0.2) is 10.3 Å². The molecular formula is C12H12Cl2N4O3. The number of carboxylic acid groups (broad SMARTS) is 1. The van der Waals surface area contributed by atoms with Crippen LogP contribution in [0.1, 0.15) is 27.3 Å². The van der Waals surface area contributed by atoms with Crippen LogP contribution >= 0.6 is 23.2 Å². The molecule has 0 aromatic carbocycles. The van der Waals surface area contributed by atoms with Crippen molar-refractivity contribution in [2.45, 2.75) is 20.5 Å². The van der Waals surface area contributed by atoms with E-state index in [1.807, 2.05) is 0 Å². The van der Waals surface area contributed by atoms with Crippen molar-refractivity contribution in [3.8, 4) is 0 Å². The summed E-state index contributed by atoms with van der Waals surface area (Å²) in [5.74, 6) is -1.04. The average molecular weight is 331 g/mol. The van der Waals surface area contributed by atoms with Crippen molar-refractivity contribution >= 4 is 29.2 Å². The van der Waals surface area contributed by atoms with Crippen LogP contribution in [0.15, 0.2) is 12.1 Å². The fourth-order valence-corrected chi connectivity index (χ4v) is 1.59. The minimum absolute atomic E-state index is 0.0406. The van der Waals surface area contributed by atoms with E-state index in [2.05, 4.69) is 20.4 Å². The van der Waals surface area contributed by atoms with Gasteiger partial charge in [-0.1, -0.05) is 23.2 Å². The normalized spacial score (nSPS) is 9.76. The lowest BCUT2D eigenvalue weighted by atomic mass is 10.2. The van der Waals surface area contributed by atoms with E-state index < -0.39 is 5.97 Å². The van der Waals surface area contributed by atoms with Gasteiger partial charge in [0.2, 0.25) is 0 Å². The molecule has 112 valence electrons. The van der Waals surface area contributed by atoms with Gasteiger partial charge in [-0.25, -0.2) is 4.79 Å².